The molecule has 28 heavy (non-hydrogen) atoms. The molecule has 1 heterocycles. The van der Waals surface area contributed by atoms with Gasteiger partial charge in [-0.15, -0.1) is 0 Å². The van der Waals surface area contributed by atoms with Crippen molar-refractivity contribution >= 4 is 23.2 Å². The van der Waals surface area contributed by atoms with Gasteiger partial charge in [0.25, 0.3) is 5.91 Å². The predicted molar refractivity (Wildman–Crippen MR) is 110 cm³/mol. The van der Waals surface area contributed by atoms with Crippen LogP contribution in [0.4, 0.5) is 21.7 Å². The van der Waals surface area contributed by atoms with E-state index in [-0.39, 0.29) is 22.8 Å². The summed E-state index contributed by atoms with van der Waals surface area (Å²) in [6.45, 7) is 8.20. The minimum absolute atomic E-state index is 0.0593. The molecule has 6 heteroatoms. The van der Waals surface area contributed by atoms with Gasteiger partial charge in [-0.1, -0.05) is 39.0 Å². The van der Waals surface area contributed by atoms with Crippen LogP contribution in [0, 0.1) is 12.7 Å². The molecule has 0 unspecified atom stereocenters. The van der Waals surface area contributed by atoms with E-state index in [1.165, 1.54) is 24.3 Å². The van der Waals surface area contributed by atoms with Gasteiger partial charge < -0.3 is 10.6 Å². The molecular formula is C22H23FN4O. The summed E-state index contributed by atoms with van der Waals surface area (Å²) in [6, 6.07) is 15.1. The number of carbonyl (C=O) groups is 1. The molecule has 2 aromatic carbocycles. The number of carbonyl (C=O) groups excluding carboxylic acids is 1. The van der Waals surface area contributed by atoms with Crippen molar-refractivity contribution in [2.45, 2.75) is 33.1 Å². The van der Waals surface area contributed by atoms with Crippen molar-refractivity contribution in [3.63, 3.8) is 0 Å². The average Bonchev–Trinajstić information content (AvgIpc) is 2.62. The van der Waals surface area contributed by atoms with E-state index < -0.39 is 0 Å². The molecular weight excluding hydrogens is 355 g/mol. The predicted octanol–water partition coefficient (Wildman–Crippen LogP) is 5.22. The van der Waals surface area contributed by atoms with Crippen LogP contribution in [0.1, 0.15) is 42.5 Å². The number of hydrogen-bond acceptors (Lipinski definition) is 4. The molecule has 0 saturated heterocycles. The van der Waals surface area contributed by atoms with Gasteiger partial charge in [0.05, 0.1) is 0 Å². The normalized spacial score (nSPS) is 11.2. The van der Waals surface area contributed by atoms with Crippen LogP contribution in [0.3, 0.4) is 0 Å². The molecule has 0 fully saturated rings. The van der Waals surface area contributed by atoms with E-state index in [4.69, 9.17) is 0 Å². The first-order chi connectivity index (χ1) is 13.2. The Labute approximate surface area is 164 Å². The molecule has 144 valence electrons. The highest BCUT2D eigenvalue weighted by Gasteiger charge is 2.18. The van der Waals surface area contributed by atoms with E-state index in [1.54, 1.807) is 13.0 Å². The van der Waals surface area contributed by atoms with Gasteiger partial charge >= 0.3 is 0 Å². The first-order valence-electron chi connectivity index (χ1n) is 9.01. The summed E-state index contributed by atoms with van der Waals surface area (Å²) >= 11 is 0. The number of aryl methyl sites for hydroxylation is 1. The Hall–Kier alpha value is -3.28. The molecule has 1 aromatic heterocycles. The molecule has 0 spiro atoms. The molecule has 0 aliphatic carbocycles. The second kappa shape index (κ2) is 7.76. The van der Waals surface area contributed by atoms with E-state index in [1.807, 2.05) is 18.2 Å². The Balaban J connectivity index is 1.86. The summed E-state index contributed by atoms with van der Waals surface area (Å²) in [7, 11) is 0. The van der Waals surface area contributed by atoms with E-state index >= 15 is 0 Å². The lowest BCUT2D eigenvalue weighted by molar-refractivity contribution is 0.102. The van der Waals surface area contributed by atoms with Gasteiger partial charge in [0.1, 0.15) is 11.5 Å². The summed E-state index contributed by atoms with van der Waals surface area (Å²) in [6.07, 6.45) is 0. The quantitative estimate of drug-likeness (QED) is 0.653. The Morgan fingerprint density at radius 3 is 2.36 bits per heavy atom. The second-order valence-electron chi connectivity index (χ2n) is 7.60. The molecule has 0 radical (unpaired) electrons. The van der Waals surface area contributed by atoms with Crippen molar-refractivity contribution in [2.24, 2.45) is 0 Å². The average molecular weight is 378 g/mol. The summed E-state index contributed by atoms with van der Waals surface area (Å²) in [4.78, 5) is 21.3. The summed E-state index contributed by atoms with van der Waals surface area (Å²) in [5.41, 5.74) is 3.34. The standard InChI is InChI=1S/C22H23FN4O/c1-14-13-19(20(28)25-16-11-9-15(23)10-12-16)27-21(24-14)26-18-8-6-5-7-17(18)22(2,3)4/h5-13H,1-4H3,(H,25,28)(H,24,26,27). The lowest BCUT2D eigenvalue weighted by Gasteiger charge is -2.23. The molecule has 0 aliphatic rings. The molecule has 0 atom stereocenters. The van der Waals surface area contributed by atoms with Gasteiger partial charge in [0.2, 0.25) is 5.95 Å². The van der Waals surface area contributed by atoms with Gasteiger partial charge in [0, 0.05) is 17.1 Å². The number of nitrogens with one attached hydrogen (secondary N) is 2. The van der Waals surface area contributed by atoms with Gasteiger partial charge in [0.15, 0.2) is 0 Å². The Bertz CT molecular complexity index is 994. The van der Waals surface area contributed by atoms with Gasteiger partial charge in [-0.25, -0.2) is 14.4 Å². The SMILES string of the molecule is Cc1cc(C(=O)Nc2ccc(F)cc2)nc(Nc2ccccc2C(C)(C)C)n1. The zero-order valence-electron chi connectivity index (χ0n) is 16.4. The number of hydrogen-bond donors (Lipinski definition) is 2. The molecule has 0 saturated carbocycles. The van der Waals surface area contributed by atoms with Gasteiger partial charge in [-0.2, -0.15) is 0 Å². The fourth-order valence-electron chi connectivity index (χ4n) is 2.84. The topological polar surface area (TPSA) is 66.9 Å². The lowest BCUT2D eigenvalue weighted by Crippen LogP contribution is -2.17. The Morgan fingerprint density at radius 1 is 1.00 bits per heavy atom. The third kappa shape index (κ3) is 4.71. The van der Waals surface area contributed by atoms with Gasteiger partial charge in [-0.3, -0.25) is 4.79 Å². The van der Waals surface area contributed by atoms with Crippen molar-refractivity contribution in [2.75, 3.05) is 10.6 Å². The Kier molecular flexibility index (Phi) is 5.40. The molecule has 1 amide bonds. The molecule has 3 rings (SSSR count). The maximum absolute atomic E-state index is 13.0. The highest BCUT2D eigenvalue weighted by Crippen LogP contribution is 2.30. The lowest BCUT2D eigenvalue weighted by atomic mass is 9.86. The monoisotopic (exact) mass is 378 g/mol. The third-order valence-corrected chi connectivity index (χ3v) is 4.17. The van der Waals surface area contributed by atoms with E-state index in [0.717, 1.165) is 11.3 Å². The molecule has 0 bridgehead atoms. The van der Waals surface area contributed by atoms with Crippen LogP contribution in [-0.4, -0.2) is 15.9 Å². The maximum Gasteiger partial charge on any atom is 0.274 e. The zero-order valence-corrected chi connectivity index (χ0v) is 16.4. The number of benzene rings is 2. The van der Waals surface area contributed by atoms with Gasteiger partial charge in [-0.05, 0) is 54.3 Å². The summed E-state index contributed by atoms with van der Waals surface area (Å²) in [5.74, 6) is -0.398. The van der Waals surface area contributed by atoms with Crippen LogP contribution in [-0.2, 0) is 5.41 Å². The van der Waals surface area contributed by atoms with E-state index in [9.17, 15) is 9.18 Å². The molecule has 5 nitrogen and oxygen atoms in total. The van der Waals surface area contributed by atoms with Crippen molar-refractivity contribution in [3.8, 4) is 0 Å². The zero-order chi connectivity index (χ0) is 20.3. The number of halogens is 1. The fourth-order valence-corrected chi connectivity index (χ4v) is 2.84. The largest absolute Gasteiger partial charge is 0.324 e. The van der Waals surface area contributed by atoms with E-state index in [0.29, 0.717) is 17.3 Å². The fraction of sp³-hybridized carbons (Fsp3) is 0.227. The minimum atomic E-state index is -0.385. The second-order valence-corrected chi connectivity index (χ2v) is 7.60. The number of aromatic nitrogens is 2. The highest BCUT2D eigenvalue weighted by atomic mass is 19.1. The van der Waals surface area contributed by atoms with Crippen LogP contribution in [0.5, 0.6) is 0 Å². The molecule has 2 N–H and O–H groups in total. The first-order valence-corrected chi connectivity index (χ1v) is 9.01. The van der Waals surface area contributed by atoms with Crippen LogP contribution >= 0.6 is 0 Å². The van der Waals surface area contributed by atoms with Crippen LogP contribution in [0.25, 0.3) is 0 Å². The number of amides is 1. The van der Waals surface area contributed by atoms with Crippen LogP contribution in [0.2, 0.25) is 0 Å². The Morgan fingerprint density at radius 2 is 1.68 bits per heavy atom. The van der Waals surface area contributed by atoms with Crippen molar-refractivity contribution in [1.82, 2.24) is 9.97 Å². The highest BCUT2D eigenvalue weighted by molar-refractivity contribution is 6.03. The smallest absolute Gasteiger partial charge is 0.274 e. The number of para-hydroxylation sites is 1. The van der Waals surface area contributed by atoms with Crippen molar-refractivity contribution in [3.05, 3.63) is 77.4 Å². The maximum atomic E-state index is 13.0. The first kappa shape index (κ1) is 19.5. The molecule has 3 aromatic rings. The third-order valence-electron chi connectivity index (χ3n) is 4.17. The molecule has 0 aliphatic heterocycles. The van der Waals surface area contributed by atoms with E-state index in [2.05, 4.69) is 47.4 Å². The number of anilines is 3. The van der Waals surface area contributed by atoms with Crippen molar-refractivity contribution < 1.29 is 9.18 Å². The minimum Gasteiger partial charge on any atom is -0.324 e. The van der Waals surface area contributed by atoms with Crippen molar-refractivity contribution in [1.29, 1.82) is 0 Å². The van der Waals surface area contributed by atoms with Crippen LogP contribution in [0.15, 0.2) is 54.6 Å². The van der Waals surface area contributed by atoms with Crippen LogP contribution < -0.4 is 10.6 Å². The summed E-state index contributed by atoms with van der Waals surface area (Å²) < 4.78 is 13.0. The number of rotatable bonds is 4. The number of nitrogens with zero attached hydrogens (tertiary/aromatic N) is 2. The summed E-state index contributed by atoms with van der Waals surface area (Å²) in [5, 5.41) is 5.95.